The van der Waals surface area contributed by atoms with Gasteiger partial charge in [-0.2, -0.15) is 5.26 Å². The van der Waals surface area contributed by atoms with Crippen LogP contribution in [0.4, 0.5) is 14.5 Å². The summed E-state index contributed by atoms with van der Waals surface area (Å²) in [5.74, 6) is -0.334. The maximum absolute atomic E-state index is 12.7. The maximum Gasteiger partial charge on any atom is 0.314 e. The van der Waals surface area contributed by atoms with Crippen molar-refractivity contribution in [2.45, 2.75) is 12.3 Å². The van der Waals surface area contributed by atoms with Crippen molar-refractivity contribution in [2.24, 2.45) is 0 Å². The molecule has 0 aromatic carbocycles. The highest BCUT2D eigenvalue weighted by Crippen LogP contribution is 2.34. The van der Waals surface area contributed by atoms with Gasteiger partial charge in [0.05, 0.1) is 4.92 Å². The van der Waals surface area contributed by atoms with Crippen molar-refractivity contribution in [3.8, 4) is 6.07 Å². The van der Waals surface area contributed by atoms with Gasteiger partial charge in [-0.3, -0.25) is 10.1 Å². The molecule has 16 heavy (non-hydrogen) atoms. The second-order valence-electron chi connectivity index (χ2n) is 2.70. The summed E-state index contributed by atoms with van der Waals surface area (Å²) in [6, 6.07) is 1.39. The van der Waals surface area contributed by atoms with E-state index < -0.39 is 28.3 Å². The van der Waals surface area contributed by atoms with Gasteiger partial charge in [0.25, 0.3) is 6.43 Å². The molecule has 1 aromatic heterocycles. The van der Waals surface area contributed by atoms with Crippen LogP contribution < -0.4 is 0 Å². The van der Waals surface area contributed by atoms with Crippen LogP contribution >= 0.6 is 11.6 Å². The molecule has 1 heterocycles. The molecule has 5 nitrogen and oxygen atoms in total. The zero-order valence-corrected chi connectivity index (χ0v) is 8.41. The first kappa shape index (κ1) is 12.3. The molecule has 0 fully saturated rings. The number of halogens is 3. The number of nitrogens with zero attached hydrogens (tertiary/aromatic N) is 3. The predicted octanol–water partition coefficient (Wildman–Crippen LogP) is 2.54. The van der Waals surface area contributed by atoms with E-state index in [1.54, 1.807) is 0 Å². The molecular weight excluding hydrogens is 244 g/mol. The Morgan fingerprint density at radius 2 is 2.31 bits per heavy atom. The molecule has 0 atom stereocenters. The first-order chi connectivity index (χ1) is 7.52. The Morgan fingerprint density at radius 3 is 2.69 bits per heavy atom. The van der Waals surface area contributed by atoms with Gasteiger partial charge in [-0.15, -0.1) is 11.6 Å². The van der Waals surface area contributed by atoms with Crippen molar-refractivity contribution < 1.29 is 13.7 Å². The van der Waals surface area contributed by atoms with E-state index in [1.165, 1.54) is 6.07 Å². The molecule has 0 bridgehead atoms. The predicted molar refractivity (Wildman–Crippen MR) is 50.1 cm³/mol. The van der Waals surface area contributed by atoms with Gasteiger partial charge in [-0.05, 0) is 0 Å². The van der Waals surface area contributed by atoms with E-state index in [9.17, 15) is 18.9 Å². The van der Waals surface area contributed by atoms with Gasteiger partial charge in [-0.25, -0.2) is 13.8 Å². The molecule has 0 radical (unpaired) electrons. The summed E-state index contributed by atoms with van der Waals surface area (Å²) >= 11 is 5.37. The standard InChI is InChI=1S/C8H4ClF2N3O2/c9-1-4-3-13-5(2-12)7(14(15)16)6(4)8(10)11/h3,8H,1H2. The minimum atomic E-state index is -3.08. The molecule has 8 heteroatoms. The third kappa shape index (κ3) is 2.06. The van der Waals surface area contributed by atoms with Gasteiger partial charge in [0, 0.05) is 17.6 Å². The second-order valence-corrected chi connectivity index (χ2v) is 2.96. The fraction of sp³-hybridized carbons (Fsp3) is 0.250. The third-order valence-corrected chi connectivity index (χ3v) is 2.11. The Kier molecular flexibility index (Phi) is 3.68. The molecule has 0 saturated heterocycles. The first-order valence-electron chi connectivity index (χ1n) is 3.93. The van der Waals surface area contributed by atoms with Gasteiger partial charge in [0.1, 0.15) is 11.6 Å². The van der Waals surface area contributed by atoms with Crippen molar-refractivity contribution in [1.82, 2.24) is 4.98 Å². The van der Waals surface area contributed by atoms with Gasteiger partial charge in [-0.1, -0.05) is 0 Å². The Hall–Kier alpha value is -1.81. The third-order valence-electron chi connectivity index (χ3n) is 1.83. The summed E-state index contributed by atoms with van der Waals surface area (Å²) in [7, 11) is 0. The number of rotatable bonds is 3. The molecule has 0 saturated carbocycles. The molecule has 84 valence electrons. The van der Waals surface area contributed by atoms with Crippen molar-refractivity contribution >= 4 is 17.3 Å². The van der Waals surface area contributed by atoms with Crippen LogP contribution in [0.3, 0.4) is 0 Å². The number of nitro groups is 1. The number of hydrogen-bond donors (Lipinski definition) is 0. The highest BCUT2D eigenvalue weighted by Gasteiger charge is 2.30. The van der Waals surface area contributed by atoms with Crippen LogP contribution in [0.25, 0.3) is 0 Å². The largest absolute Gasteiger partial charge is 0.314 e. The van der Waals surface area contributed by atoms with E-state index in [2.05, 4.69) is 4.98 Å². The van der Waals surface area contributed by atoms with Crippen molar-refractivity contribution in [3.63, 3.8) is 0 Å². The zero-order valence-electron chi connectivity index (χ0n) is 7.65. The summed E-state index contributed by atoms with van der Waals surface area (Å²) in [5, 5.41) is 19.2. The summed E-state index contributed by atoms with van der Waals surface area (Å²) in [6.45, 7) is 0. The monoisotopic (exact) mass is 247 g/mol. The average molecular weight is 248 g/mol. The maximum atomic E-state index is 12.7. The lowest BCUT2D eigenvalue weighted by atomic mass is 10.1. The summed E-state index contributed by atoms with van der Waals surface area (Å²) < 4.78 is 25.3. The van der Waals surface area contributed by atoms with Crippen molar-refractivity contribution in [2.75, 3.05) is 0 Å². The Bertz CT molecular complexity index is 473. The number of pyridine rings is 1. The van der Waals surface area contributed by atoms with E-state index in [0.29, 0.717) is 0 Å². The molecule has 0 N–H and O–H groups in total. The molecular formula is C8H4ClF2N3O2. The molecule has 0 amide bonds. The van der Waals surface area contributed by atoms with E-state index in [0.717, 1.165) is 6.20 Å². The fourth-order valence-corrected chi connectivity index (χ4v) is 1.38. The van der Waals surface area contributed by atoms with Gasteiger partial charge in [0.15, 0.2) is 0 Å². The summed E-state index contributed by atoms with van der Waals surface area (Å²) in [4.78, 5) is 13.0. The Labute approximate surface area is 93.4 Å². The van der Waals surface area contributed by atoms with Crippen LogP contribution in [0.1, 0.15) is 23.2 Å². The minimum absolute atomic E-state index is 0.151. The van der Waals surface area contributed by atoms with Gasteiger partial charge < -0.3 is 0 Å². The lowest BCUT2D eigenvalue weighted by molar-refractivity contribution is -0.386. The number of aromatic nitrogens is 1. The molecule has 1 aromatic rings. The number of alkyl halides is 3. The lowest BCUT2D eigenvalue weighted by Gasteiger charge is -2.06. The van der Waals surface area contributed by atoms with Crippen LogP contribution in [-0.4, -0.2) is 9.91 Å². The van der Waals surface area contributed by atoms with Gasteiger partial charge in [0.2, 0.25) is 5.69 Å². The summed E-state index contributed by atoms with van der Waals surface area (Å²) in [6.07, 6.45) is -2.13. The summed E-state index contributed by atoms with van der Waals surface area (Å²) in [5.41, 5.74) is -2.61. The van der Waals surface area contributed by atoms with E-state index in [-0.39, 0.29) is 11.4 Å². The molecule has 0 aliphatic carbocycles. The van der Waals surface area contributed by atoms with Crippen LogP contribution in [0.5, 0.6) is 0 Å². The van der Waals surface area contributed by atoms with E-state index >= 15 is 0 Å². The van der Waals surface area contributed by atoms with Crippen molar-refractivity contribution in [1.29, 1.82) is 5.26 Å². The second kappa shape index (κ2) is 4.81. The first-order valence-corrected chi connectivity index (χ1v) is 4.46. The molecule has 0 aliphatic heterocycles. The van der Waals surface area contributed by atoms with Crippen LogP contribution in [0.15, 0.2) is 6.20 Å². The van der Waals surface area contributed by atoms with E-state index in [1.807, 2.05) is 0 Å². The highest BCUT2D eigenvalue weighted by atomic mass is 35.5. The smallest absolute Gasteiger partial charge is 0.258 e. The van der Waals surface area contributed by atoms with Crippen LogP contribution in [0, 0.1) is 21.4 Å². The van der Waals surface area contributed by atoms with Gasteiger partial charge >= 0.3 is 5.69 Å². The molecule has 1 rings (SSSR count). The normalized spacial score (nSPS) is 10.2. The Balaban J connectivity index is 3.61. The zero-order chi connectivity index (χ0) is 12.3. The number of nitriles is 1. The average Bonchev–Trinajstić information content (AvgIpc) is 2.26. The quantitative estimate of drug-likeness (QED) is 0.467. The van der Waals surface area contributed by atoms with E-state index in [4.69, 9.17) is 16.9 Å². The highest BCUT2D eigenvalue weighted by molar-refractivity contribution is 6.17. The number of hydrogen-bond acceptors (Lipinski definition) is 4. The fourth-order valence-electron chi connectivity index (χ4n) is 1.17. The Morgan fingerprint density at radius 1 is 1.69 bits per heavy atom. The van der Waals surface area contributed by atoms with Crippen LogP contribution in [-0.2, 0) is 5.88 Å². The SMILES string of the molecule is N#Cc1ncc(CCl)c(C(F)F)c1[N+](=O)[O-]. The van der Waals surface area contributed by atoms with Crippen molar-refractivity contribution in [3.05, 3.63) is 33.1 Å². The van der Waals surface area contributed by atoms with Crippen LogP contribution in [0.2, 0.25) is 0 Å². The molecule has 0 spiro atoms. The molecule has 0 unspecified atom stereocenters. The molecule has 0 aliphatic rings. The topological polar surface area (TPSA) is 79.8 Å². The minimum Gasteiger partial charge on any atom is -0.258 e. The lowest BCUT2D eigenvalue weighted by Crippen LogP contribution is -2.05.